The minimum atomic E-state index is -4.41. The fourth-order valence-corrected chi connectivity index (χ4v) is 2.99. The summed E-state index contributed by atoms with van der Waals surface area (Å²) in [5, 5.41) is 4.13. The number of halogens is 3. The molecule has 3 aromatic rings. The molecule has 0 unspecified atom stereocenters. The van der Waals surface area contributed by atoms with Crippen LogP contribution in [0.15, 0.2) is 16.9 Å². The standard InChI is InChI=1S/C18H17F3N6O/c1-4-5-13-14(12-8-10(2)23-11(3)9-12)15-25-26(7-6-18(19,20)21)17(28)27(15)16(22)24-13/h8-9H,6-7H2,1-3H3,(H2,22,24)/p+1. The maximum Gasteiger partial charge on any atom is 0.411 e. The number of anilines is 1. The molecule has 0 spiro atoms. The fraction of sp³-hybridized carbons (Fsp3) is 0.333. The second-order valence-electron chi connectivity index (χ2n) is 6.30. The highest BCUT2D eigenvalue weighted by molar-refractivity contribution is 5.81. The zero-order valence-electron chi connectivity index (χ0n) is 15.5. The summed E-state index contributed by atoms with van der Waals surface area (Å²) in [6.45, 7) is 4.66. The normalized spacial score (nSPS) is 11.5. The largest absolute Gasteiger partial charge is 0.411 e. The zero-order chi connectivity index (χ0) is 20.6. The van der Waals surface area contributed by atoms with Gasteiger partial charge in [-0.25, -0.2) is 9.78 Å². The fourth-order valence-electron chi connectivity index (χ4n) is 2.99. The van der Waals surface area contributed by atoms with Gasteiger partial charge in [0.05, 0.1) is 18.5 Å². The van der Waals surface area contributed by atoms with Crippen LogP contribution in [0.4, 0.5) is 19.1 Å². The first-order valence-corrected chi connectivity index (χ1v) is 8.40. The van der Waals surface area contributed by atoms with Crippen molar-refractivity contribution in [2.75, 3.05) is 5.73 Å². The predicted octanol–water partition coefficient (Wildman–Crippen LogP) is 1.89. The van der Waals surface area contributed by atoms with Gasteiger partial charge in [-0.3, -0.25) is 10.7 Å². The molecule has 0 atom stereocenters. The lowest BCUT2D eigenvalue weighted by molar-refractivity contribution is -0.368. The molecule has 0 saturated carbocycles. The highest BCUT2D eigenvalue weighted by Gasteiger charge is 2.29. The summed E-state index contributed by atoms with van der Waals surface area (Å²) in [4.78, 5) is 19.8. The first-order valence-electron chi connectivity index (χ1n) is 8.40. The lowest BCUT2D eigenvalue weighted by Crippen LogP contribution is -2.29. The van der Waals surface area contributed by atoms with Crippen LogP contribution < -0.4 is 16.4 Å². The number of alkyl halides is 3. The van der Waals surface area contributed by atoms with Crippen molar-refractivity contribution in [1.29, 1.82) is 0 Å². The number of nitrogen functional groups attached to an aromatic ring is 1. The zero-order valence-corrected chi connectivity index (χ0v) is 15.5. The van der Waals surface area contributed by atoms with Crippen LogP contribution >= 0.6 is 0 Å². The summed E-state index contributed by atoms with van der Waals surface area (Å²) in [6, 6.07) is 3.57. The number of nitrogens with zero attached hydrogens (tertiary/aromatic N) is 4. The van der Waals surface area contributed by atoms with Gasteiger partial charge in [0.1, 0.15) is 0 Å². The van der Waals surface area contributed by atoms with Gasteiger partial charge < -0.3 is 0 Å². The second kappa shape index (κ2) is 6.99. The number of aryl methyl sites for hydroxylation is 3. The Morgan fingerprint density at radius 3 is 2.46 bits per heavy atom. The van der Waals surface area contributed by atoms with E-state index in [9.17, 15) is 18.0 Å². The van der Waals surface area contributed by atoms with Gasteiger partial charge in [0.15, 0.2) is 5.69 Å². The van der Waals surface area contributed by atoms with E-state index in [1.807, 2.05) is 13.8 Å². The van der Waals surface area contributed by atoms with Gasteiger partial charge in [-0.05, 0) is 44.4 Å². The number of hydrogen-bond acceptors (Lipinski definition) is 4. The van der Waals surface area contributed by atoms with Crippen LogP contribution in [0.1, 0.15) is 30.4 Å². The van der Waals surface area contributed by atoms with Crippen LogP contribution in [0.5, 0.6) is 0 Å². The van der Waals surface area contributed by atoms with E-state index in [0.717, 1.165) is 20.5 Å². The van der Waals surface area contributed by atoms with Crippen LogP contribution in [-0.4, -0.2) is 25.3 Å². The predicted molar refractivity (Wildman–Crippen MR) is 96.3 cm³/mol. The molecule has 0 fully saturated rings. The molecule has 0 aliphatic heterocycles. The van der Waals surface area contributed by atoms with E-state index in [-0.39, 0.29) is 11.6 Å². The number of nitrogens with two attached hydrogens (primary N) is 1. The first-order chi connectivity index (χ1) is 13.1. The van der Waals surface area contributed by atoms with Crippen LogP contribution in [-0.2, 0) is 6.54 Å². The minimum Gasteiger partial charge on any atom is -0.290 e. The Morgan fingerprint density at radius 1 is 1.25 bits per heavy atom. The molecule has 0 saturated heterocycles. The van der Waals surface area contributed by atoms with Crippen molar-refractivity contribution in [1.82, 2.24) is 19.2 Å². The molecule has 28 heavy (non-hydrogen) atoms. The molecule has 146 valence electrons. The number of aromatic amines is 1. The van der Waals surface area contributed by atoms with Gasteiger partial charge in [0.2, 0.25) is 5.65 Å². The van der Waals surface area contributed by atoms with Gasteiger partial charge in [-0.2, -0.15) is 17.9 Å². The minimum absolute atomic E-state index is 0.0674. The quantitative estimate of drug-likeness (QED) is 0.690. The molecule has 3 rings (SSSR count). The lowest BCUT2D eigenvalue weighted by Gasteiger charge is -2.06. The number of hydrogen-bond donors (Lipinski definition) is 1. The Kier molecular flexibility index (Phi) is 4.85. The Bertz CT molecular complexity index is 1160. The van der Waals surface area contributed by atoms with Crippen LogP contribution in [0.25, 0.3) is 16.8 Å². The highest BCUT2D eigenvalue weighted by Crippen LogP contribution is 2.27. The Hall–Kier alpha value is -3.35. The number of fused-ring (bicyclic) bond motifs is 1. The second-order valence-corrected chi connectivity index (χ2v) is 6.30. The summed E-state index contributed by atoms with van der Waals surface area (Å²) < 4.78 is 39.6. The Morgan fingerprint density at radius 2 is 1.89 bits per heavy atom. The van der Waals surface area contributed by atoms with Crippen molar-refractivity contribution in [3.63, 3.8) is 0 Å². The molecule has 0 aliphatic rings. The van der Waals surface area contributed by atoms with Gasteiger partial charge in [-0.1, -0.05) is 5.92 Å². The molecule has 3 N–H and O–H groups in total. The average molecular weight is 391 g/mol. The van der Waals surface area contributed by atoms with E-state index in [1.165, 1.54) is 0 Å². The van der Waals surface area contributed by atoms with Crippen molar-refractivity contribution >= 4 is 11.6 Å². The topological polar surface area (TPSA) is 92.3 Å². The van der Waals surface area contributed by atoms with Crippen molar-refractivity contribution in [3.8, 4) is 23.0 Å². The molecule has 0 amide bonds. The smallest absolute Gasteiger partial charge is 0.290 e. The van der Waals surface area contributed by atoms with Gasteiger partial charge in [0.25, 0.3) is 0 Å². The summed E-state index contributed by atoms with van der Waals surface area (Å²) in [5.74, 6) is 5.57. The first kappa shape index (κ1) is 19.4. The molecule has 10 heteroatoms. The third-order valence-corrected chi connectivity index (χ3v) is 4.03. The van der Waals surface area contributed by atoms with E-state index in [4.69, 9.17) is 5.73 Å². The van der Waals surface area contributed by atoms with Crippen molar-refractivity contribution in [2.24, 2.45) is 0 Å². The van der Waals surface area contributed by atoms with E-state index in [0.29, 0.717) is 16.8 Å². The van der Waals surface area contributed by atoms with E-state index < -0.39 is 24.8 Å². The number of rotatable bonds is 3. The van der Waals surface area contributed by atoms with E-state index >= 15 is 0 Å². The molecular formula is C18H18F3N6O+. The van der Waals surface area contributed by atoms with E-state index in [1.54, 1.807) is 19.1 Å². The van der Waals surface area contributed by atoms with E-state index in [2.05, 4.69) is 26.9 Å². The number of H-pyrrole nitrogens is 1. The summed E-state index contributed by atoms with van der Waals surface area (Å²) in [5.41, 5.74) is 8.34. The molecule has 0 aliphatic carbocycles. The molecular weight excluding hydrogens is 373 g/mol. The van der Waals surface area contributed by atoms with Crippen LogP contribution in [0.3, 0.4) is 0 Å². The van der Waals surface area contributed by atoms with Crippen molar-refractivity contribution in [2.45, 2.75) is 39.9 Å². The number of pyridine rings is 1. The third-order valence-electron chi connectivity index (χ3n) is 4.03. The molecule has 3 heterocycles. The lowest BCUT2D eigenvalue weighted by atomic mass is 10.0. The summed E-state index contributed by atoms with van der Waals surface area (Å²) in [7, 11) is 0. The Balaban J connectivity index is 2.33. The monoisotopic (exact) mass is 391 g/mol. The average Bonchev–Trinajstić information content (AvgIpc) is 2.89. The summed E-state index contributed by atoms with van der Waals surface area (Å²) in [6.07, 6.45) is -5.58. The van der Waals surface area contributed by atoms with Gasteiger partial charge in [-0.15, -0.1) is 9.50 Å². The molecule has 3 aromatic heterocycles. The maximum absolute atomic E-state index is 12.6. The maximum atomic E-state index is 12.6. The van der Waals surface area contributed by atoms with Crippen molar-refractivity contribution in [3.05, 3.63) is 39.7 Å². The van der Waals surface area contributed by atoms with Gasteiger partial charge in [0, 0.05) is 11.4 Å². The number of aromatic nitrogens is 5. The SMILES string of the molecule is CC#Cc1[nH+]c(N)n2c(=O)n(CCC(F)(F)F)nc2c1-c1cc(C)nc(C)c1. The van der Waals surface area contributed by atoms with Crippen molar-refractivity contribution < 1.29 is 18.2 Å². The van der Waals surface area contributed by atoms with Gasteiger partial charge >= 0.3 is 17.8 Å². The third kappa shape index (κ3) is 3.69. The van der Waals surface area contributed by atoms with Crippen LogP contribution in [0.2, 0.25) is 0 Å². The summed E-state index contributed by atoms with van der Waals surface area (Å²) >= 11 is 0. The molecule has 0 radical (unpaired) electrons. The molecule has 0 bridgehead atoms. The number of nitrogens with one attached hydrogen (secondary N) is 1. The van der Waals surface area contributed by atoms with Crippen LogP contribution in [0, 0.1) is 25.7 Å². The Labute approximate surface area is 158 Å². The molecule has 0 aromatic carbocycles. The highest BCUT2D eigenvalue weighted by atomic mass is 19.4. The molecule has 7 nitrogen and oxygen atoms in total.